The van der Waals surface area contributed by atoms with Crippen molar-refractivity contribution in [1.82, 2.24) is 14.5 Å². The van der Waals surface area contributed by atoms with Gasteiger partial charge >= 0.3 is 11.7 Å². The Bertz CT molecular complexity index is 862. The predicted octanol–water partition coefficient (Wildman–Crippen LogP) is 2.75. The highest BCUT2D eigenvalue weighted by Crippen LogP contribution is 2.20. The minimum atomic E-state index is -0.933. The third-order valence-electron chi connectivity index (χ3n) is 5.18. The smallest absolute Gasteiger partial charge is 0.329 e. The number of carbonyl (C=O) groups excluding carboxylic acids is 1. The van der Waals surface area contributed by atoms with Gasteiger partial charge in [-0.05, 0) is 31.4 Å². The zero-order valence-corrected chi connectivity index (χ0v) is 16.3. The topological polar surface area (TPSA) is 93.3 Å². The molecule has 0 saturated carbocycles. The Hall–Kier alpha value is -2.57. The number of nitrogens with one attached hydrogen (secondary N) is 1. The summed E-state index contributed by atoms with van der Waals surface area (Å²) in [6.07, 6.45) is 1.94. The molecule has 0 aliphatic carbocycles. The van der Waals surface area contributed by atoms with E-state index >= 15 is 0 Å². The lowest BCUT2D eigenvalue weighted by Crippen LogP contribution is -2.49. The fraction of sp³-hybridized carbons (Fsp3) is 0.550. The molecule has 0 radical (unpaired) electrons. The minimum absolute atomic E-state index is 0.110. The molecular formula is C20H29N3O4. The zero-order valence-electron chi connectivity index (χ0n) is 16.3. The number of aliphatic carboxylic acids is 1. The maximum absolute atomic E-state index is 12.8. The molecule has 148 valence electrons. The number of fused-ring (bicyclic) bond motifs is 1. The fourth-order valence-corrected chi connectivity index (χ4v) is 3.51. The molecule has 7 nitrogen and oxygen atoms in total. The Kier molecular flexibility index (Phi) is 6.82. The van der Waals surface area contributed by atoms with Gasteiger partial charge in [-0.2, -0.15) is 0 Å². The number of aryl methyl sites for hydroxylation is 2. The first-order chi connectivity index (χ1) is 12.9. The van der Waals surface area contributed by atoms with E-state index < -0.39 is 11.5 Å². The summed E-state index contributed by atoms with van der Waals surface area (Å²) in [5, 5.41) is 12.0. The molecule has 7 heteroatoms. The van der Waals surface area contributed by atoms with Gasteiger partial charge in [0.15, 0.2) is 0 Å². The second-order valence-electron chi connectivity index (χ2n) is 6.93. The van der Waals surface area contributed by atoms with Crippen LogP contribution in [0, 0.1) is 0 Å². The van der Waals surface area contributed by atoms with Gasteiger partial charge < -0.3 is 10.4 Å². The van der Waals surface area contributed by atoms with E-state index in [-0.39, 0.29) is 31.0 Å². The first-order valence-electron chi connectivity index (χ1n) is 9.58. The van der Waals surface area contributed by atoms with Crippen molar-refractivity contribution in [1.29, 1.82) is 0 Å². The van der Waals surface area contributed by atoms with Crippen LogP contribution >= 0.6 is 0 Å². The van der Waals surface area contributed by atoms with Crippen LogP contribution in [-0.2, 0) is 22.7 Å². The Balaban J connectivity index is 2.19. The summed E-state index contributed by atoms with van der Waals surface area (Å²) >= 11 is 0. The Labute approximate surface area is 159 Å². The summed E-state index contributed by atoms with van der Waals surface area (Å²) in [6, 6.07) is 7.57. The zero-order chi connectivity index (χ0) is 20.0. The largest absolute Gasteiger partial charge is 0.481 e. The van der Waals surface area contributed by atoms with Gasteiger partial charge in [0.2, 0.25) is 5.91 Å². The standard InChI is InChI=1S/C20H29N3O4/c1-4-12-22-15-9-7-8-10-16(15)23(19(22)27)13-11-17(24)21-20(5-2,6-3)14-18(25)26/h7-10H,4-6,11-14H2,1-3H3,(H,21,24)(H,25,26). The summed E-state index contributed by atoms with van der Waals surface area (Å²) in [4.78, 5) is 36.4. The van der Waals surface area contributed by atoms with Crippen LogP contribution in [0.1, 0.15) is 52.9 Å². The molecule has 27 heavy (non-hydrogen) atoms. The minimum Gasteiger partial charge on any atom is -0.481 e. The SMILES string of the molecule is CCCn1c(=O)n(CCC(=O)NC(CC)(CC)CC(=O)O)c2ccccc21. The number of carbonyl (C=O) groups is 2. The van der Waals surface area contributed by atoms with Crippen LogP contribution in [0.3, 0.4) is 0 Å². The maximum atomic E-state index is 12.8. The van der Waals surface area contributed by atoms with Gasteiger partial charge in [0.1, 0.15) is 0 Å². The lowest BCUT2D eigenvalue weighted by molar-refractivity contribution is -0.139. The van der Waals surface area contributed by atoms with Crippen LogP contribution in [0.2, 0.25) is 0 Å². The fourth-order valence-electron chi connectivity index (χ4n) is 3.51. The van der Waals surface area contributed by atoms with Gasteiger partial charge in [0, 0.05) is 25.0 Å². The van der Waals surface area contributed by atoms with E-state index in [1.165, 1.54) is 0 Å². The summed E-state index contributed by atoms with van der Waals surface area (Å²) in [7, 11) is 0. The molecular weight excluding hydrogens is 346 g/mol. The molecule has 0 saturated heterocycles. The quantitative estimate of drug-likeness (QED) is 0.668. The molecule has 1 heterocycles. The Morgan fingerprint density at radius 3 is 2.07 bits per heavy atom. The first kappa shape index (κ1) is 20.7. The van der Waals surface area contributed by atoms with Gasteiger partial charge in [-0.25, -0.2) is 4.79 Å². The highest BCUT2D eigenvalue weighted by atomic mass is 16.4. The van der Waals surface area contributed by atoms with Crippen LogP contribution in [0.25, 0.3) is 11.0 Å². The number of nitrogens with zero attached hydrogens (tertiary/aromatic N) is 2. The molecule has 1 amide bonds. The van der Waals surface area contributed by atoms with Gasteiger partial charge in [-0.3, -0.25) is 18.7 Å². The molecule has 0 spiro atoms. The number of benzene rings is 1. The van der Waals surface area contributed by atoms with Crippen molar-refractivity contribution in [2.45, 2.75) is 71.5 Å². The second kappa shape index (κ2) is 8.88. The third kappa shape index (κ3) is 4.59. The van der Waals surface area contributed by atoms with E-state index in [1.54, 1.807) is 9.13 Å². The van der Waals surface area contributed by atoms with Crippen LogP contribution in [-0.4, -0.2) is 31.7 Å². The molecule has 2 N–H and O–H groups in total. The molecule has 0 bridgehead atoms. The number of carboxylic acid groups (broad SMARTS) is 1. The van der Waals surface area contributed by atoms with Crippen molar-refractivity contribution < 1.29 is 14.7 Å². The number of imidazole rings is 1. The first-order valence-corrected chi connectivity index (χ1v) is 9.58. The third-order valence-corrected chi connectivity index (χ3v) is 5.18. The van der Waals surface area contributed by atoms with Crippen LogP contribution in [0.15, 0.2) is 29.1 Å². The lowest BCUT2D eigenvalue weighted by Gasteiger charge is -2.31. The number of hydrogen-bond acceptors (Lipinski definition) is 3. The predicted molar refractivity (Wildman–Crippen MR) is 105 cm³/mol. The van der Waals surface area contributed by atoms with Gasteiger partial charge in [-0.15, -0.1) is 0 Å². The number of carboxylic acids is 1. The normalized spacial score (nSPS) is 11.7. The highest BCUT2D eigenvalue weighted by molar-refractivity contribution is 5.79. The van der Waals surface area contributed by atoms with Crippen molar-refractivity contribution in [2.24, 2.45) is 0 Å². The molecule has 0 fully saturated rings. The van der Waals surface area contributed by atoms with Crippen molar-refractivity contribution >= 4 is 22.9 Å². The van der Waals surface area contributed by atoms with E-state index in [2.05, 4.69) is 5.32 Å². The molecule has 2 rings (SSSR count). The summed E-state index contributed by atoms with van der Waals surface area (Å²) in [6.45, 7) is 6.65. The number of para-hydroxylation sites is 2. The van der Waals surface area contributed by atoms with Crippen molar-refractivity contribution in [2.75, 3.05) is 0 Å². The van der Waals surface area contributed by atoms with E-state index in [1.807, 2.05) is 45.0 Å². The van der Waals surface area contributed by atoms with Crippen LogP contribution < -0.4 is 11.0 Å². The highest BCUT2D eigenvalue weighted by Gasteiger charge is 2.30. The molecule has 0 unspecified atom stereocenters. The van der Waals surface area contributed by atoms with Gasteiger partial charge in [0.05, 0.1) is 17.5 Å². The molecule has 0 atom stereocenters. The summed E-state index contributed by atoms with van der Waals surface area (Å²) in [5.74, 6) is -1.17. The molecule has 1 aromatic heterocycles. The molecule has 0 aliphatic rings. The number of hydrogen-bond donors (Lipinski definition) is 2. The molecule has 0 aliphatic heterocycles. The van der Waals surface area contributed by atoms with Gasteiger partial charge in [0.25, 0.3) is 0 Å². The molecule has 1 aromatic carbocycles. The average molecular weight is 375 g/mol. The number of amides is 1. The Morgan fingerprint density at radius 2 is 1.59 bits per heavy atom. The van der Waals surface area contributed by atoms with E-state index in [9.17, 15) is 14.4 Å². The monoisotopic (exact) mass is 375 g/mol. The van der Waals surface area contributed by atoms with Crippen molar-refractivity contribution in [3.8, 4) is 0 Å². The van der Waals surface area contributed by atoms with Crippen LogP contribution in [0.5, 0.6) is 0 Å². The summed E-state index contributed by atoms with van der Waals surface area (Å²) in [5.41, 5.74) is 0.816. The summed E-state index contributed by atoms with van der Waals surface area (Å²) < 4.78 is 3.36. The lowest BCUT2D eigenvalue weighted by atomic mass is 9.89. The van der Waals surface area contributed by atoms with E-state index in [0.29, 0.717) is 19.4 Å². The second-order valence-corrected chi connectivity index (χ2v) is 6.93. The number of rotatable bonds is 10. The van der Waals surface area contributed by atoms with E-state index in [4.69, 9.17) is 5.11 Å². The molecule has 2 aromatic rings. The van der Waals surface area contributed by atoms with Crippen molar-refractivity contribution in [3.63, 3.8) is 0 Å². The van der Waals surface area contributed by atoms with Crippen LogP contribution in [0.4, 0.5) is 0 Å². The Morgan fingerprint density at radius 1 is 1.04 bits per heavy atom. The van der Waals surface area contributed by atoms with E-state index in [0.717, 1.165) is 17.5 Å². The van der Waals surface area contributed by atoms with Gasteiger partial charge in [-0.1, -0.05) is 32.9 Å². The maximum Gasteiger partial charge on any atom is 0.329 e. The number of aromatic nitrogens is 2. The van der Waals surface area contributed by atoms with Crippen molar-refractivity contribution in [3.05, 3.63) is 34.7 Å². The average Bonchev–Trinajstić information content (AvgIpc) is 2.91.